The molecule has 0 aromatic heterocycles. The number of rotatable bonds is 5. The SMILES string of the molecule is COC1CCC(N2CC[N+]([O-])(C(=O)O)C(N3CC4=CN(CC5CCN(C(=O)OC(C)(C)C)CC5)C=CN4C3)C2=O)CC1. The van der Waals surface area contributed by atoms with Crippen molar-refractivity contribution in [2.45, 2.75) is 83.2 Å². The highest BCUT2D eigenvalue weighted by Gasteiger charge is 2.54. The van der Waals surface area contributed by atoms with Gasteiger partial charge < -0.3 is 39.4 Å². The van der Waals surface area contributed by atoms with Crippen molar-refractivity contribution in [2.24, 2.45) is 5.92 Å². The van der Waals surface area contributed by atoms with Gasteiger partial charge in [-0.05, 0) is 65.2 Å². The normalized spacial score (nSPS) is 31.3. The molecule has 5 rings (SSSR count). The molecular formula is C29H46N6O7. The molecule has 13 heteroatoms. The number of hydrogen-bond acceptors (Lipinski definition) is 9. The first-order chi connectivity index (χ1) is 19.9. The fraction of sp³-hybridized carbons (Fsp3) is 0.759. The van der Waals surface area contributed by atoms with E-state index in [0.29, 0.717) is 25.6 Å². The number of carbonyl (C=O) groups excluding carboxylic acids is 2. The van der Waals surface area contributed by atoms with Crippen LogP contribution in [0.25, 0.3) is 0 Å². The van der Waals surface area contributed by atoms with E-state index in [-0.39, 0.29) is 38.0 Å². The molecule has 4 fully saturated rings. The number of fused-ring (bicyclic) bond motifs is 1. The Morgan fingerprint density at radius 1 is 1.07 bits per heavy atom. The van der Waals surface area contributed by atoms with Crippen molar-refractivity contribution in [3.63, 3.8) is 0 Å². The summed E-state index contributed by atoms with van der Waals surface area (Å²) in [7, 11) is 1.70. The minimum Gasteiger partial charge on any atom is -0.621 e. The van der Waals surface area contributed by atoms with Crippen molar-refractivity contribution in [3.05, 3.63) is 29.5 Å². The third-order valence-corrected chi connectivity index (χ3v) is 9.22. The van der Waals surface area contributed by atoms with Crippen LogP contribution >= 0.6 is 0 Å². The minimum absolute atomic E-state index is 0.00419. The number of hydroxylamine groups is 3. The summed E-state index contributed by atoms with van der Waals surface area (Å²) in [6.07, 6.45) is 8.00. The number of hydrogen-bond donors (Lipinski definition) is 1. The van der Waals surface area contributed by atoms with Crippen LogP contribution in [0, 0.1) is 11.1 Å². The van der Waals surface area contributed by atoms with Crippen LogP contribution in [0.2, 0.25) is 0 Å². The fourth-order valence-corrected chi connectivity index (χ4v) is 6.88. The molecule has 0 radical (unpaired) electrons. The van der Waals surface area contributed by atoms with E-state index < -0.39 is 28.4 Å². The molecule has 1 saturated carbocycles. The summed E-state index contributed by atoms with van der Waals surface area (Å²) in [5, 5.41) is 23.6. The highest BCUT2D eigenvalue weighted by atomic mass is 16.6. The van der Waals surface area contributed by atoms with Gasteiger partial charge in [-0.1, -0.05) is 0 Å². The fourth-order valence-electron chi connectivity index (χ4n) is 6.88. The molecule has 0 bridgehead atoms. The Morgan fingerprint density at radius 3 is 2.38 bits per heavy atom. The topological polar surface area (TPSA) is 129 Å². The van der Waals surface area contributed by atoms with Gasteiger partial charge in [-0.25, -0.2) is 14.3 Å². The Kier molecular flexibility index (Phi) is 8.75. The second-order valence-corrected chi connectivity index (χ2v) is 13.3. The Bertz CT molecular complexity index is 1090. The second-order valence-electron chi connectivity index (χ2n) is 13.3. The lowest BCUT2D eigenvalue weighted by Gasteiger charge is -2.52. The number of likely N-dealkylation sites (tertiary alicyclic amines) is 1. The van der Waals surface area contributed by atoms with E-state index in [0.717, 1.165) is 50.8 Å². The maximum atomic E-state index is 13.8. The van der Waals surface area contributed by atoms with Crippen LogP contribution in [0.5, 0.6) is 0 Å². The zero-order valence-electron chi connectivity index (χ0n) is 25.3. The van der Waals surface area contributed by atoms with Gasteiger partial charge in [0.1, 0.15) is 12.1 Å². The maximum Gasteiger partial charge on any atom is 0.515 e. The Hall–Kier alpha value is -2.87. The molecule has 0 spiro atoms. The first-order valence-electron chi connectivity index (χ1n) is 15.2. The van der Waals surface area contributed by atoms with Gasteiger partial charge >= 0.3 is 12.2 Å². The summed E-state index contributed by atoms with van der Waals surface area (Å²) in [5.41, 5.74) is 0.407. The maximum absolute atomic E-state index is 13.8. The number of nitrogens with zero attached hydrogens (tertiary/aromatic N) is 6. The number of piperidine rings is 1. The van der Waals surface area contributed by atoms with Gasteiger partial charge in [-0.3, -0.25) is 4.79 Å². The predicted octanol–water partition coefficient (Wildman–Crippen LogP) is 2.96. The molecule has 234 valence electrons. The summed E-state index contributed by atoms with van der Waals surface area (Å²) in [5.74, 6) is 0.00596. The van der Waals surface area contributed by atoms with Gasteiger partial charge in [0.05, 0.1) is 19.3 Å². The van der Waals surface area contributed by atoms with Crippen molar-refractivity contribution < 1.29 is 33.6 Å². The average molecular weight is 591 g/mol. The number of ether oxygens (including phenoxy) is 2. The van der Waals surface area contributed by atoms with Crippen LogP contribution in [0.15, 0.2) is 24.3 Å². The van der Waals surface area contributed by atoms with Crippen LogP contribution in [0.4, 0.5) is 9.59 Å². The second kappa shape index (κ2) is 12.0. The highest BCUT2D eigenvalue weighted by molar-refractivity contribution is 5.83. The van der Waals surface area contributed by atoms with Crippen LogP contribution in [-0.4, -0.2) is 129 Å². The molecule has 2 atom stereocenters. The highest BCUT2D eigenvalue weighted by Crippen LogP contribution is 2.34. The Morgan fingerprint density at radius 2 is 1.76 bits per heavy atom. The lowest BCUT2D eigenvalue weighted by Crippen LogP contribution is -2.73. The molecule has 1 aliphatic carbocycles. The van der Waals surface area contributed by atoms with Crippen LogP contribution in [0.1, 0.15) is 59.3 Å². The van der Waals surface area contributed by atoms with Crippen LogP contribution in [0.3, 0.4) is 0 Å². The molecule has 3 saturated heterocycles. The third-order valence-electron chi connectivity index (χ3n) is 9.22. The van der Waals surface area contributed by atoms with Gasteiger partial charge in [0.25, 0.3) is 5.91 Å². The standard InChI is InChI=1S/C29H46N6O7/c1-29(2,3)42-27(37)31-11-9-21(10-12-31)17-30-13-14-32-20-33(19-23(32)18-30)25-26(36)34(15-16-35(25,40)28(38)39)22-5-7-24(41-4)8-6-22/h13-14,18,21-22,24-25H,5-12,15-17,19-20H2,1-4H3,(H,38,39). The number of carbonyl (C=O) groups is 3. The zero-order valence-corrected chi connectivity index (χ0v) is 25.3. The first-order valence-corrected chi connectivity index (χ1v) is 15.2. The molecule has 2 unspecified atom stereocenters. The van der Waals surface area contributed by atoms with Crippen LogP contribution in [-0.2, 0) is 14.3 Å². The molecule has 13 nitrogen and oxygen atoms in total. The molecule has 4 heterocycles. The lowest BCUT2D eigenvalue weighted by atomic mass is 9.91. The average Bonchev–Trinajstić information content (AvgIpc) is 3.35. The summed E-state index contributed by atoms with van der Waals surface area (Å²) >= 11 is 0. The van der Waals surface area contributed by atoms with Crippen molar-refractivity contribution in [2.75, 3.05) is 53.0 Å². The summed E-state index contributed by atoms with van der Waals surface area (Å²) in [4.78, 5) is 47.8. The zero-order chi connectivity index (χ0) is 30.2. The number of carboxylic acid groups (broad SMARTS) is 1. The largest absolute Gasteiger partial charge is 0.621 e. The molecule has 0 aromatic rings. The first kappa shape index (κ1) is 30.6. The number of amides is 3. The van der Waals surface area contributed by atoms with Gasteiger partial charge in [0.2, 0.25) is 6.17 Å². The van der Waals surface area contributed by atoms with Crippen molar-refractivity contribution >= 4 is 18.1 Å². The smallest absolute Gasteiger partial charge is 0.515 e. The minimum atomic E-state index is -1.58. The molecule has 0 aromatic carbocycles. The Balaban J connectivity index is 1.21. The van der Waals surface area contributed by atoms with E-state index in [9.17, 15) is 24.7 Å². The van der Waals surface area contributed by atoms with E-state index in [2.05, 4.69) is 4.90 Å². The monoisotopic (exact) mass is 590 g/mol. The third kappa shape index (κ3) is 6.38. The van der Waals surface area contributed by atoms with Gasteiger partial charge in [-0.15, -0.1) is 0 Å². The molecule has 4 aliphatic heterocycles. The Labute approximate surface area is 248 Å². The van der Waals surface area contributed by atoms with Gasteiger partial charge in [-0.2, -0.15) is 4.79 Å². The lowest BCUT2D eigenvalue weighted by molar-refractivity contribution is -0.841. The van der Waals surface area contributed by atoms with Crippen molar-refractivity contribution in [3.8, 4) is 0 Å². The van der Waals surface area contributed by atoms with Crippen molar-refractivity contribution in [1.29, 1.82) is 0 Å². The number of piperazine rings is 1. The molecule has 1 N–H and O–H groups in total. The molecule has 5 aliphatic rings. The molecule has 42 heavy (non-hydrogen) atoms. The van der Waals surface area contributed by atoms with E-state index in [1.165, 1.54) is 0 Å². The quantitative estimate of drug-likeness (QED) is 0.377. The van der Waals surface area contributed by atoms with E-state index in [1.807, 2.05) is 44.3 Å². The summed E-state index contributed by atoms with van der Waals surface area (Å²) in [6, 6.07) is -0.00419. The number of methoxy groups -OCH3 is 1. The van der Waals surface area contributed by atoms with E-state index >= 15 is 0 Å². The summed E-state index contributed by atoms with van der Waals surface area (Å²) in [6.45, 7) is 8.26. The van der Waals surface area contributed by atoms with Gasteiger partial charge in [0, 0.05) is 63.6 Å². The predicted molar refractivity (Wildman–Crippen MR) is 153 cm³/mol. The molecule has 3 amide bonds. The number of quaternary nitrogens is 1. The van der Waals surface area contributed by atoms with E-state index in [1.54, 1.807) is 21.8 Å². The van der Waals surface area contributed by atoms with Crippen LogP contribution < -0.4 is 0 Å². The van der Waals surface area contributed by atoms with Gasteiger partial charge in [0.15, 0.2) is 0 Å². The van der Waals surface area contributed by atoms with Crippen molar-refractivity contribution in [1.82, 2.24) is 24.5 Å². The van der Waals surface area contributed by atoms with E-state index in [4.69, 9.17) is 9.47 Å². The molecular weight excluding hydrogens is 544 g/mol. The summed E-state index contributed by atoms with van der Waals surface area (Å²) < 4.78 is 9.41.